The molecule has 0 amide bonds. The third-order valence-corrected chi connectivity index (χ3v) is 4.38. The van der Waals surface area contributed by atoms with Crippen LogP contribution >= 0.6 is 11.6 Å². The average Bonchev–Trinajstić information content (AvgIpc) is 2.53. The molecule has 21 heavy (non-hydrogen) atoms. The highest BCUT2D eigenvalue weighted by Crippen LogP contribution is 2.32. The Morgan fingerprint density at radius 2 is 1.62 bits per heavy atom. The van der Waals surface area contributed by atoms with Crippen LogP contribution in [0.15, 0.2) is 42.5 Å². The first-order valence-electron chi connectivity index (χ1n) is 7.14. The first-order valence-corrected chi connectivity index (χ1v) is 7.57. The summed E-state index contributed by atoms with van der Waals surface area (Å²) in [5, 5.41) is -0.364. The van der Waals surface area contributed by atoms with E-state index >= 15 is 0 Å². The van der Waals surface area contributed by atoms with Crippen LogP contribution in [0.2, 0.25) is 0 Å². The summed E-state index contributed by atoms with van der Waals surface area (Å²) in [6.07, 6.45) is 1.10. The van der Waals surface area contributed by atoms with Crippen molar-refractivity contribution in [1.82, 2.24) is 0 Å². The summed E-state index contributed by atoms with van der Waals surface area (Å²) in [7, 11) is 1.45. The van der Waals surface area contributed by atoms with Crippen molar-refractivity contribution < 1.29 is 9.13 Å². The minimum atomic E-state index is -0.392. The smallest absolute Gasteiger partial charge is 0.165 e. The van der Waals surface area contributed by atoms with Crippen molar-refractivity contribution in [1.29, 1.82) is 0 Å². The Labute approximate surface area is 130 Å². The van der Waals surface area contributed by atoms with E-state index in [1.54, 1.807) is 12.1 Å². The normalized spacial score (nSPS) is 13.8. The second-order valence-corrected chi connectivity index (χ2v) is 5.67. The van der Waals surface area contributed by atoms with E-state index in [-0.39, 0.29) is 11.1 Å². The quantitative estimate of drug-likeness (QED) is 0.646. The van der Waals surface area contributed by atoms with Crippen molar-refractivity contribution in [3.05, 3.63) is 65.0 Å². The Hall–Kier alpha value is -1.54. The summed E-state index contributed by atoms with van der Waals surface area (Å²) in [6, 6.07) is 13.1. The molecule has 0 saturated carbocycles. The molecule has 2 aromatic carbocycles. The van der Waals surface area contributed by atoms with Crippen LogP contribution in [-0.2, 0) is 0 Å². The van der Waals surface area contributed by atoms with Crippen molar-refractivity contribution in [2.24, 2.45) is 0 Å². The largest absolute Gasteiger partial charge is 0.494 e. The van der Waals surface area contributed by atoms with Gasteiger partial charge in [-0.2, -0.15) is 0 Å². The molecule has 0 bridgehead atoms. The molecule has 0 spiro atoms. The summed E-state index contributed by atoms with van der Waals surface area (Å²) in [6.45, 7) is 4.37. The fraction of sp³-hybridized carbons (Fsp3) is 0.333. The van der Waals surface area contributed by atoms with Gasteiger partial charge < -0.3 is 4.74 Å². The first-order chi connectivity index (χ1) is 10.1. The van der Waals surface area contributed by atoms with E-state index in [4.69, 9.17) is 16.3 Å². The van der Waals surface area contributed by atoms with Crippen molar-refractivity contribution in [2.45, 2.75) is 31.6 Å². The third-order valence-electron chi connectivity index (χ3n) is 3.88. The monoisotopic (exact) mass is 306 g/mol. The molecule has 0 heterocycles. The minimum absolute atomic E-state index is 0.231. The molecule has 0 saturated heterocycles. The highest BCUT2D eigenvalue weighted by Gasteiger charge is 2.14. The number of benzene rings is 2. The van der Waals surface area contributed by atoms with Crippen LogP contribution in [0.5, 0.6) is 5.75 Å². The predicted molar refractivity (Wildman–Crippen MR) is 85.8 cm³/mol. The van der Waals surface area contributed by atoms with Crippen LogP contribution in [0.3, 0.4) is 0 Å². The van der Waals surface area contributed by atoms with Gasteiger partial charge in [0.15, 0.2) is 11.6 Å². The van der Waals surface area contributed by atoms with E-state index in [2.05, 4.69) is 26.0 Å². The second kappa shape index (κ2) is 6.95. The van der Waals surface area contributed by atoms with Gasteiger partial charge in [-0.05, 0) is 41.2 Å². The number of alkyl halides is 1. The van der Waals surface area contributed by atoms with E-state index in [1.165, 1.54) is 18.7 Å². The van der Waals surface area contributed by atoms with Gasteiger partial charge in [0.25, 0.3) is 0 Å². The number of rotatable bonds is 5. The zero-order valence-corrected chi connectivity index (χ0v) is 13.3. The molecule has 0 N–H and O–H groups in total. The lowest BCUT2D eigenvalue weighted by atomic mass is 9.96. The Kier molecular flexibility index (Phi) is 5.24. The van der Waals surface area contributed by atoms with Gasteiger partial charge in [-0.25, -0.2) is 4.39 Å². The van der Waals surface area contributed by atoms with Gasteiger partial charge >= 0.3 is 0 Å². The molecule has 0 aromatic heterocycles. The zero-order valence-electron chi connectivity index (χ0n) is 12.6. The summed E-state index contributed by atoms with van der Waals surface area (Å²) < 4.78 is 18.7. The third kappa shape index (κ3) is 3.56. The second-order valence-electron chi connectivity index (χ2n) is 5.23. The highest BCUT2D eigenvalue weighted by atomic mass is 35.5. The maximum Gasteiger partial charge on any atom is 0.165 e. The summed E-state index contributed by atoms with van der Waals surface area (Å²) in [5.74, 6) is 0.373. The fourth-order valence-corrected chi connectivity index (χ4v) is 2.54. The topological polar surface area (TPSA) is 9.23 Å². The highest BCUT2D eigenvalue weighted by molar-refractivity contribution is 6.22. The van der Waals surface area contributed by atoms with E-state index in [9.17, 15) is 4.39 Å². The van der Waals surface area contributed by atoms with Crippen LogP contribution in [0.25, 0.3) is 0 Å². The predicted octanol–water partition coefficient (Wildman–Crippen LogP) is 5.68. The fourth-order valence-electron chi connectivity index (χ4n) is 2.26. The maximum atomic E-state index is 13.8. The molecule has 0 radical (unpaired) electrons. The molecular weight excluding hydrogens is 287 g/mol. The SMILES string of the molecule is CCC(C)c1ccc(C(Cl)c2ccc(OC)c(F)c2)cc1. The molecule has 1 nitrogen and oxygen atoms in total. The van der Waals surface area contributed by atoms with E-state index in [0.29, 0.717) is 5.92 Å². The van der Waals surface area contributed by atoms with Crippen LogP contribution < -0.4 is 4.74 Å². The molecule has 2 rings (SSSR count). The Bertz CT molecular complexity index is 595. The van der Waals surface area contributed by atoms with Gasteiger partial charge in [-0.1, -0.05) is 44.2 Å². The van der Waals surface area contributed by atoms with Crippen molar-refractivity contribution >= 4 is 11.6 Å². The Morgan fingerprint density at radius 1 is 1.05 bits per heavy atom. The molecule has 2 unspecified atom stereocenters. The average molecular weight is 307 g/mol. The Morgan fingerprint density at radius 3 is 2.14 bits per heavy atom. The number of methoxy groups -OCH3 is 1. The summed E-state index contributed by atoms with van der Waals surface area (Å²) in [5.41, 5.74) is 2.99. The van der Waals surface area contributed by atoms with Gasteiger partial charge in [0, 0.05) is 0 Å². The maximum absolute atomic E-state index is 13.8. The lowest BCUT2D eigenvalue weighted by Gasteiger charge is -2.14. The molecule has 3 heteroatoms. The first kappa shape index (κ1) is 15.8. The molecule has 0 aliphatic carbocycles. The van der Waals surface area contributed by atoms with Gasteiger partial charge in [0.1, 0.15) is 0 Å². The van der Waals surface area contributed by atoms with E-state index in [0.717, 1.165) is 17.5 Å². The van der Waals surface area contributed by atoms with Gasteiger partial charge in [0.2, 0.25) is 0 Å². The number of halogens is 2. The van der Waals surface area contributed by atoms with Gasteiger partial charge in [-0.15, -0.1) is 11.6 Å². The van der Waals surface area contributed by atoms with Crippen LogP contribution in [0.4, 0.5) is 4.39 Å². The van der Waals surface area contributed by atoms with E-state index < -0.39 is 5.82 Å². The van der Waals surface area contributed by atoms with Crippen molar-refractivity contribution in [2.75, 3.05) is 7.11 Å². The molecule has 112 valence electrons. The minimum Gasteiger partial charge on any atom is -0.494 e. The summed E-state index contributed by atoms with van der Waals surface area (Å²) >= 11 is 6.46. The number of hydrogen-bond acceptors (Lipinski definition) is 1. The molecular formula is C18H20ClFO. The van der Waals surface area contributed by atoms with E-state index in [1.807, 2.05) is 12.1 Å². The lowest BCUT2D eigenvalue weighted by Crippen LogP contribution is -1.97. The number of ether oxygens (including phenoxy) is 1. The molecule has 0 aliphatic heterocycles. The van der Waals surface area contributed by atoms with Gasteiger partial charge in [0.05, 0.1) is 12.5 Å². The van der Waals surface area contributed by atoms with Crippen molar-refractivity contribution in [3.63, 3.8) is 0 Å². The number of hydrogen-bond donors (Lipinski definition) is 0. The molecule has 2 atom stereocenters. The van der Waals surface area contributed by atoms with Crippen molar-refractivity contribution in [3.8, 4) is 5.75 Å². The zero-order chi connectivity index (χ0) is 15.4. The molecule has 2 aromatic rings. The lowest BCUT2D eigenvalue weighted by molar-refractivity contribution is 0.386. The van der Waals surface area contributed by atoms with Crippen LogP contribution in [-0.4, -0.2) is 7.11 Å². The molecule has 0 fully saturated rings. The molecule has 0 aliphatic rings. The van der Waals surface area contributed by atoms with Crippen LogP contribution in [0, 0.1) is 5.82 Å². The Balaban J connectivity index is 2.23. The van der Waals surface area contributed by atoms with Gasteiger partial charge in [-0.3, -0.25) is 0 Å². The standard InChI is InChI=1S/C18H20ClFO/c1-4-12(2)13-5-7-14(8-6-13)18(19)15-9-10-17(21-3)16(20)11-15/h5-12,18H,4H2,1-3H3. The van der Waals surface area contributed by atoms with Crippen LogP contribution in [0.1, 0.15) is 48.3 Å². The summed E-state index contributed by atoms with van der Waals surface area (Å²) in [4.78, 5) is 0.